The highest BCUT2D eigenvalue weighted by molar-refractivity contribution is 6.31. The van der Waals surface area contributed by atoms with E-state index in [2.05, 4.69) is 21.9 Å². The average Bonchev–Trinajstić information content (AvgIpc) is 2.47. The van der Waals surface area contributed by atoms with Gasteiger partial charge in [0, 0.05) is 29.0 Å². The van der Waals surface area contributed by atoms with Crippen LogP contribution in [0.1, 0.15) is 23.7 Å². The largest absolute Gasteiger partial charge is 0.370 e. The summed E-state index contributed by atoms with van der Waals surface area (Å²) in [7, 11) is 0. The second-order valence-corrected chi connectivity index (χ2v) is 5.08. The fraction of sp³-hybridized carbons (Fsp3) is 0.176. The molecule has 0 amide bonds. The summed E-state index contributed by atoms with van der Waals surface area (Å²) in [5.74, 6) is 0.823. The van der Waals surface area contributed by atoms with Crippen LogP contribution in [0.15, 0.2) is 48.1 Å². The van der Waals surface area contributed by atoms with Crippen LogP contribution in [0.5, 0.6) is 0 Å². The van der Waals surface area contributed by atoms with Gasteiger partial charge in [-0.1, -0.05) is 42.5 Å². The first kappa shape index (κ1) is 15.3. The summed E-state index contributed by atoms with van der Waals surface area (Å²) in [4.78, 5) is 8.83. The minimum Gasteiger partial charge on any atom is -0.370 e. The number of aliphatic imine (C=N–C) groups is 1. The van der Waals surface area contributed by atoms with Crippen LogP contribution in [0.25, 0.3) is 6.08 Å². The van der Waals surface area contributed by atoms with Crippen molar-refractivity contribution in [3.05, 3.63) is 65.0 Å². The molecule has 1 aromatic carbocycles. The van der Waals surface area contributed by atoms with Crippen LogP contribution in [0.3, 0.4) is 0 Å². The van der Waals surface area contributed by atoms with E-state index < -0.39 is 0 Å². The van der Waals surface area contributed by atoms with Crippen molar-refractivity contribution in [2.24, 2.45) is 4.99 Å². The molecule has 0 spiro atoms. The predicted octanol–water partition coefficient (Wildman–Crippen LogP) is 4.53. The Morgan fingerprint density at radius 3 is 2.86 bits per heavy atom. The van der Waals surface area contributed by atoms with Gasteiger partial charge in [-0.2, -0.15) is 0 Å². The normalized spacial score (nSPS) is 11.3. The number of rotatable bonds is 4. The molecule has 0 bridgehead atoms. The summed E-state index contributed by atoms with van der Waals surface area (Å²) < 4.78 is 0. The molecule has 2 rings (SSSR count). The van der Waals surface area contributed by atoms with Crippen LogP contribution >= 0.6 is 11.6 Å². The van der Waals surface area contributed by atoms with Crippen LogP contribution in [0.2, 0.25) is 5.02 Å². The van der Waals surface area contributed by atoms with Crippen molar-refractivity contribution in [2.45, 2.75) is 20.4 Å². The molecule has 1 aromatic heterocycles. The van der Waals surface area contributed by atoms with Gasteiger partial charge in [0.15, 0.2) is 0 Å². The molecule has 0 atom stereocenters. The minimum absolute atomic E-state index is 0.641. The van der Waals surface area contributed by atoms with Crippen molar-refractivity contribution in [3.63, 3.8) is 0 Å². The highest BCUT2D eigenvalue weighted by Crippen LogP contribution is 2.22. The van der Waals surface area contributed by atoms with E-state index in [9.17, 15) is 0 Å². The van der Waals surface area contributed by atoms with Crippen LogP contribution in [-0.4, -0.2) is 10.8 Å². The fourth-order valence-corrected chi connectivity index (χ4v) is 2.20. The Morgan fingerprint density at radius 2 is 2.14 bits per heavy atom. The predicted molar refractivity (Wildman–Crippen MR) is 90.1 cm³/mol. The maximum absolute atomic E-state index is 6.13. The van der Waals surface area contributed by atoms with E-state index in [1.165, 1.54) is 0 Å². The zero-order valence-electron chi connectivity index (χ0n) is 12.2. The van der Waals surface area contributed by atoms with Crippen LogP contribution in [-0.2, 0) is 6.54 Å². The van der Waals surface area contributed by atoms with Gasteiger partial charge in [0.05, 0.1) is 11.5 Å². The lowest BCUT2D eigenvalue weighted by Crippen LogP contribution is -2.19. The lowest BCUT2D eigenvalue weighted by atomic mass is 10.1. The van der Waals surface area contributed by atoms with Crippen LogP contribution in [0.4, 0.5) is 5.69 Å². The molecular weight excluding hydrogens is 282 g/mol. The molecule has 4 heteroatoms. The lowest BCUT2D eigenvalue weighted by molar-refractivity contribution is 0.909. The van der Waals surface area contributed by atoms with Gasteiger partial charge in [-0.05, 0) is 31.5 Å². The fourth-order valence-electron chi connectivity index (χ4n) is 2.00. The highest BCUT2D eigenvalue weighted by Gasteiger charge is 2.03. The summed E-state index contributed by atoms with van der Waals surface area (Å²) >= 11 is 6.13. The molecule has 2 aromatic rings. The molecule has 0 aliphatic heterocycles. The Morgan fingerprint density at radius 1 is 1.38 bits per heavy atom. The van der Waals surface area contributed by atoms with E-state index in [4.69, 9.17) is 11.6 Å². The van der Waals surface area contributed by atoms with E-state index in [0.717, 1.165) is 33.4 Å². The Bertz CT molecular complexity index is 677. The van der Waals surface area contributed by atoms with E-state index in [1.54, 1.807) is 12.3 Å². The van der Waals surface area contributed by atoms with Crippen molar-refractivity contribution in [1.82, 2.24) is 10.3 Å². The Balaban J connectivity index is 2.14. The number of amidine groups is 1. The van der Waals surface area contributed by atoms with Crippen molar-refractivity contribution < 1.29 is 0 Å². The molecule has 1 heterocycles. The van der Waals surface area contributed by atoms with Gasteiger partial charge in [0.1, 0.15) is 0 Å². The number of aromatic nitrogens is 1. The molecule has 1 N–H and O–H groups in total. The number of hydrogen-bond acceptors (Lipinski definition) is 2. The Labute approximate surface area is 130 Å². The molecule has 108 valence electrons. The maximum atomic E-state index is 6.13. The second-order valence-electron chi connectivity index (χ2n) is 4.68. The Hall–Kier alpha value is -2.13. The third-order valence-corrected chi connectivity index (χ3v) is 3.52. The molecule has 0 unspecified atom stereocenters. The number of nitrogens with zero attached hydrogens (tertiary/aromatic N) is 2. The van der Waals surface area contributed by atoms with E-state index >= 15 is 0 Å². The number of hydrogen-bond donors (Lipinski definition) is 1. The Kier molecular flexibility index (Phi) is 5.12. The monoisotopic (exact) mass is 299 g/mol. The quantitative estimate of drug-likeness (QED) is 0.665. The lowest BCUT2D eigenvalue weighted by Gasteiger charge is -2.09. The molecule has 3 nitrogen and oxygen atoms in total. The first-order chi connectivity index (χ1) is 10.1. The number of pyridine rings is 1. The van der Waals surface area contributed by atoms with Gasteiger partial charge in [0.2, 0.25) is 0 Å². The average molecular weight is 300 g/mol. The number of benzene rings is 1. The molecular formula is C17H18ClN3. The molecule has 0 radical (unpaired) electrons. The van der Waals surface area contributed by atoms with Crippen molar-refractivity contribution in [2.75, 3.05) is 0 Å². The molecule has 0 aliphatic rings. The topological polar surface area (TPSA) is 37.3 Å². The SMILES string of the molecule is C=Cc1c(/N=C(\C)NCc2ccccc2Cl)ccnc1C. The first-order valence-corrected chi connectivity index (χ1v) is 7.10. The van der Waals surface area contributed by atoms with Gasteiger partial charge in [-0.25, -0.2) is 4.99 Å². The minimum atomic E-state index is 0.641. The van der Waals surface area contributed by atoms with Gasteiger partial charge in [-0.3, -0.25) is 4.98 Å². The third-order valence-electron chi connectivity index (χ3n) is 3.15. The zero-order chi connectivity index (χ0) is 15.2. The summed E-state index contributed by atoms with van der Waals surface area (Å²) in [5, 5.41) is 4.02. The van der Waals surface area contributed by atoms with Gasteiger partial charge in [-0.15, -0.1) is 0 Å². The van der Waals surface area contributed by atoms with E-state index in [0.29, 0.717) is 6.54 Å². The summed E-state index contributed by atoms with van der Waals surface area (Å²) in [6, 6.07) is 9.65. The van der Waals surface area contributed by atoms with Gasteiger partial charge in [0.25, 0.3) is 0 Å². The van der Waals surface area contributed by atoms with Crippen LogP contribution < -0.4 is 5.32 Å². The van der Waals surface area contributed by atoms with Crippen molar-refractivity contribution >= 4 is 29.2 Å². The maximum Gasteiger partial charge on any atom is 0.0993 e. The van der Waals surface area contributed by atoms with Crippen molar-refractivity contribution in [1.29, 1.82) is 0 Å². The van der Waals surface area contributed by atoms with Gasteiger partial charge < -0.3 is 5.32 Å². The summed E-state index contributed by atoms with van der Waals surface area (Å²) in [6.45, 7) is 8.34. The van der Waals surface area contributed by atoms with Gasteiger partial charge >= 0.3 is 0 Å². The number of aryl methyl sites for hydroxylation is 1. The molecule has 21 heavy (non-hydrogen) atoms. The van der Waals surface area contributed by atoms with E-state index in [-0.39, 0.29) is 0 Å². The zero-order valence-corrected chi connectivity index (χ0v) is 13.0. The smallest absolute Gasteiger partial charge is 0.0993 e. The van der Waals surface area contributed by atoms with Crippen LogP contribution in [0, 0.1) is 6.92 Å². The number of halogens is 1. The summed E-state index contributed by atoms with van der Waals surface area (Å²) in [5.41, 5.74) is 3.78. The third kappa shape index (κ3) is 3.92. The van der Waals surface area contributed by atoms with E-state index in [1.807, 2.05) is 44.2 Å². The molecule has 0 saturated heterocycles. The molecule has 0 fully saturated rings. The molecule has 0 aliphatic carbocycles. The molecule has 0 saturated carbocycles. The summed E-state index contributed by atoms with van der Waals surface area (Å²) in [6.07, 6.45) is 3.53. The van der Waals surface area contributed by atoms with Crippen molar-refractivity contribution in [3.8, 4) is 0 Å². The highest BCUT2D eigenvalue weighted by atomic mass is 35.5. The number of nitrogens with one attached hydrogen (secondary N) is 1. The standard InChI is InChI=1S/C17H18ClN3/c1-4-15-12(2)19-10-9-17(15)21-13(3)20-11-14-7-5-6-8-16(14)18/h4-10H,1,11H2,2-3H3,(H,19,20,21). The first-order valence-electron chi connectivity index (χ1n) is 6.72. The second kappa shape index (κ2) is 7.04.